The molecule has 2 aromatic heterocycles. The predicted molar refractivity (Wildman–Crippen MR) is 129 cm³/mol. The molecule has 4 nitrogen and oxygen atoms in total. The number of H-pyrrole nitrogens is 1. The van der Waals surface area contributed by atoms with Gasteiger partial charge in [-0.05, 0) is 54.7 Å². The maximum absolute atomic E-state index is 9.66. The molecule has 0 saturated heterocycles. The first-order valence-corrected chi connectivity index (χ1v) is 10.7. The number of unbranched alkanes of at least 4 members (excludes halogenated alkanes) is 1. The van der Waals surface area contributed by atoms with E-state index in [1.54, 1.807) is 12.4 Å². The highest BCUT2D eigenvalue weighted by Gasteiger charge is 2.11. The number of aromatic amines is 1. The molecule has 0 radical (unpaired) electrons. The van der Waals surface area contributed by atoms with Crippen LogP contribution in [0.3, 0.4) is 0 Å². The Bertz CT molecular complexity index is 1260. The lowest BCUT2D eigenvalue weighted by atomic mass is 10.0. The van der Waals surface area contributed by atoms with Crippen LogP contribution in [0.2, 0.25) is 0 Å². The second-order valence-electron chi connectivity index (χ2n) is 7.74. The summed E-state index contributed by atoms with van der Waals surface area (Å²) >= 11 is 0. The molecule has 154 valence electrons. The minimum Gasteiger partial charge on any atom is -0.361 e. The van der Waals surface area contributed by atoms with E-state index in [1.807, 2.05) is 24.4 Å². The average Bonchev–Trinajstić information content (AvgIpc) is 3.29. The molecule has 31 heavy (non-hydrogen) atoms. The maximum atomic E-state index is 9.66. The fraction of sp³-hybridized carbons (Fsp3) is 0.185. The topological polar surface area (TPSA) is 64.5 Å². The molecular formula is C27H26N4. The number of benzene rings is 2. The van der Waals surface area contributed by atoms with Crippen LogP contribution >= 0.6 is 0 Å². The SMILES string of the molecule is CCCCc1ccc(C=Cc2cncc(C#N)c2Nc2ccc3[nH]ccc3c2C)cc1. The van der Waals surface area contributed by atoms with Gasteiger partial charge in [-0.2, -0.15) is 5.26 Å². The van der Waals surface area contributed by atoms with E-state index in [1.165, 1.54) is 18.4 Å². The minimum absolute atomic E-state index is 0.519. The summed E-state index contributed by atoms with van der Waals surface area (Å²) in [5.41, 5.74) is 7.87. The number of aromatic nitrogens is 2. The minimum atomic E-state index is 0.519. The van der Waals surface area contributed by atoms with Crippen molar-refractivity contribution in [3.05, 3.63) is 88.9 Å². The molecule has 0 aliphatic heterocycles. The molecule has 0 bridgehead atoms. The molecule has 0 aliphatic carbocycles. The number of nitriles is 1. The molecule has 4 aromatic rings. The zero-order valence-corrected chi connectivity index (χ0v) is 17.9. The Morgan fingerprint density at radius 3 is 2.68 bits per heavy atom. The molecular weight excluding hydrogens is 380 g/mol. The maximum Gasteiger partial charge on any atom is 0.103 e. The second kappa shape index (κ2) is 9.32. The van der Waals surface area contributed by atoms with Crippen molar-refractivity contribution in [3.8, 4) is 6.07 Å². The van der Waals surface area contributed by atoms with Crippen molar-refractivity contribution in [2.45, 2.75) is 33.1 Å². The van der Waals surface area contributed by atoms with Crippen molar-refractivity contribution in [3.63, 3.8) is 0 Å². The molecule has 4 rings (SSSR count). The van der Waals surface area contributed by atoms with Crippen LogP contribution in [-0.2, 0) is 6.42 Å². The highest BCUT2D eigenvalue weighted by atomic mass is 14.9. The van der Waals surface area contributed by atoms with Gasteiger partial charge < -0.3 is 10.3 Å². The molecule has 4 heteroatoms. The summed E-state index contributed by atoms with van der Waals surface area (Å²) < 4.78 is 0. The van der Waals surface area contributed by atoms with Gasteiger partial charge in [0.25, 0.3) is 0 Å². The molecule has 0 aliphatic rings. The van der Waals surface area contributed by atoms with Crippen LogP contribution in [0.5, 0.6) is 0 Å². The van der Waals surface area contributed by atoms with Gasteiger partial charge in [-0.3, -0.25) is 4.98 Å². The summed E-state index contributed by atoms with van der Waals surface area (Å²) in [5.74, 6) is 0. The van der Waals surface area contributed by atoms with Crippen molar-refractivity contribution in [2.75, 3.05) is 5.32 Å². The Balaban J connectivity index is 1.63. The smallest absolute Gasteiger partial charge is 0.103 e. The highest BCUT2D eigenvalue weighted by Crippen LogP contribution is 2.31. The monoisotopic (exact) mass is 406 g/mol. The van der Waals surface area contributed by atoms with Crippen molar-refractivity contribution in [1.29, 1.82) is 5.26 Å². The lowest BCUT2D eigenvalue weighted by Gasteiger charge is -2.14. The average molecular weight is 407 g/mol. The van der Waals surface area contributed by atoms with Crippen LogP contribution in [-0.4, -0.2) is 9.97 Å². The summed E-state index contributed by atoms with van der Waals surface area (Å²) in [6, 6.07) is 17.1. The zero-order valence-electron chi connectivity index (χ0n) is 17.9. The van der Waals surface area contributed by atoms with Crippen molar-refractivity contribution in [1.82, 2.24) is 9.97 Å². The number of anilines is 2. The van der Waals surface area contributed by atoms with E-state index in [4.69, 9.17) is 0 Å². The quantitative estimate of drug-likeness (QED) is 0.347. The normalized spacial score (nSPS) is 11.1. The molecule has 0 unspecified atom stereocenters. The van der Waals surface area contributed by atoms with Crippen LogP contribution < -0.4 is 5.32 Å². The van der Waals surface area contributed by atoms with E-state index in [0.29, 0.717) is 5.56 Å². The summed E-state index contributed by atoms with van der Waals surface area (Å²) in [4.78, 5) is 7.50. The van der Waals surface area contributed by atoms with Crippen LogP contribution in [0, 0.1) is 18.3 Å². The number of aryl methyl sites for hydroxylation is 2. The van der Waals surface area contributed by atoms with Gasteiger partial charge in [0.1, 0.15) is 6.07 Å². The van der Waals surface area contributed by atoms with Crippen molar-refractivity contribution >= 4 is 34.4 Å². The Morgan fingerprint density at radius 1 is 1.06 bits per heavy atom. The third kappa shape index (κ3) is 4.51. The number of rotatable bonds is 7. The summed E-state index contributed by atoms with van der Waals surface area (Å²) in [6.45, 7) is 4.30. The standard InChI is InChI=1S/C27H26N4/c1-3-4-5-20-6-8-21(9-7-20)10-11-22-17-29-18-23(16-28)27(22)31-25-12-13-26-24(19(25)2)14-15-30-26/h6-15,17-18,30H,3-5H2,1-2H3,(H,29,31). The Kier molecular flexibility index (Phi) is 6.14. The van der Waals surface area contributed by atoms with E-state index in [9.17, 15) is 5.26 Å². The molecule has 0 saturated carbocycles. The summed E-state index contributed by atoms with van der Waals surface area (Å²) in [6.07, 6.45) is 13.0. The first-order chi connectivity index (χ1) is 15.2. The van der Waals surface area contributed by atoms with E-state index in [0.717, 1.165) is 45.4 Å². The van der Waals surface area contributed by atoms with E-state index in [2.05, 4.69) is 71.6 Å². The van der Waals surface area contributed by atoms with E-state index >= 15 is 0 Å². The Labute approximate surface area is 183 Å². The highest BCUT2D eigenvalue weighted by molar-refractivity contribution is 5.90. The lowest BCUT2D eigenvalue weighted by molar-refractivity contribution is 0.795. The number of nitrogens with one attached hydrogen (secondary N) is 2. The first-order valence-electron chi connectivity index (χ1n) is 10.7. The second-order valence-corrected chi connectivity index (χ2v) is 7.74. The third-order valence-corrected chi connectivity index (χ3v) is 5.61. The van der Waals surface area contributed by atoms with Gasteiger partial charge in [0.15, 0.2) is 0 Å². The van der Waals surface area contributed by atoms with Crippen LogP contribution in [0.25, 0.3) is 23.1 Å². The fourth-order valence-corrected chi connectivity index (χ4v) is 3.74. The first kappa shape index (κ1) is 20.4. The molecule has 2 aromatic carbocycles. The van der Waals surface area contributed by atoms with Gasteiger partial charge in [0, 0.05) is 40.7 Å². The molecule has 0 spiro atoms. The van der Waals surface area contributed by atoms with Gasteiger partial charge in [-0.25, -0.2) is 0 Å². The molecule has 0 atom stereocenters. The van der Waals surface area contributed by atoms with Gasteiger partial charge in [0.05, 0.1) is 11.3 Å². The van der Waals surface area contributed by atoms with Crippen molar-refractivity contribution in [2.24, 2.45) is 0 Å². The van der Waals surface area contributed by atoms with Gasteiger partial charge in [0.2, 0.25) is 0 Å². The largest absolute Gasteiger partial charge is 0.361 e. The number of hydrogen-bond donors (Lipinski definition) is 2. The van der Waals surface area contributed by atoms with E-state index in [-0.39, 0.29) is 0 Å². The van der Waals surface area contributed by atoms with Gasteiger partial charge in [-0.1, -0.05) is 49.8 Å². The number of hydrogen-bond acceptors (Lipinski definition) is 3. The van der Waals surface area contributed by atoms with Crippen LogP contribution in [0.15, 0.2) is 61.1 Å². The van der Waals surface area contributed by atoms with Crippen molar-refractivity contribution < 1.29 is 0 Å². The molecule has 2 N–H and O–H groups in total. The number of pyridine rings is 1. The predicted octanol–water partition coefficient (Wildman–Crippen LogP) is 7.00. The van der Waals surface area contributed by atoms with E-state index < -0.39 is 0 Å². The Hall–Kier alpha value is -3.84. The van der Waals surface area contributed by atoms with Crippen LogP contribution in [0.1, 0.15) is 47.6 Å². The summed E-state index contributed by atoms with van der Waals surface area (Å²) in [7, 11) is 0. The number of nitrogens with zero attached hydrogens (tertiary/aromatic N) is 2. The summed E-state index contributed by atoms with van der Waals surface area (Å²) in [5, 5.41) is 14.3. The van der Waals surface area contributed by atoms with Crippen LogP contribution in [0.4, 0.5) is 11.4 Å². The Morgan fingerprint density at radius 2 is 1.90 bits per heavy atom. The molecule has 0 amide bonds. The number of fused-ring (bicyclic) bond motifs is 1. The molecule has 2 heterocycles. The zero-order chi connectivity index (χ0) is 21.6. The fourth-order valence-electron chi connectivity index (χ4n) is 3.74. The third-order valence-electron chi connectivity index (χ3n) is 5.61. The van der Waals surface area contributed by atoms with Gasteiger partial charge in [-0.15, -0.1) is 0 Å². The molecule has 0 fully saturated rings. The lowest BCUT2D eigenvalue weighted by Crippen LogP contribution is -1.99. The van der Waals surface area contributed by atoms with Gasteiger partial charge >= 0.3 is 0 Å².